The maximum Gasteiger partial charge on any atom is 0.231 e. The van der Waals surface area contributed by atoms with E-state index in [1.807, 2.05) is 6.07 Å². The van der Waals surface area contributed by atoms with Crippen molar-refractivity contribution in [1.82, 2.24) is 0 Å². The molecule has 0 spiro atoms. The third-order valence-corrected chi connectivity index (χ3v) is 3.27. The van der Waals surface area contributed by atoms with Crippen LogP contribution in [0.4, 0.5) is 0 Å². The molecule has 0 aromatic heterocycles. The zero-order valence-corrected chi connectivity index (χ0v) is 10.2. The molecule has 0 unspecified atom stereocenters. The minimum atomic E-state index is 0.366. The van der Waals surface area contributed by atoms with E-state index >= 15 is 0 Å². The standard InChI is InChI=1S/C14H20O2/c1-3-5-6-11(4-2)12-7-8-13-14(9-12)16-10-15-13/h7-9,11H,3-6,10H2,1-2H3/t11-/m0/s1. The van der Waals surface area contributed by atoms with Gasteiger partial charge in [-0.25, -0.2) is 0 Å². The molecule has 0 N–H and O–H groups in total. The van der Waals surface area contributed by atoms with Gasteiger partial charge >= 0.3 is 0 Å². The van der Waals surface area contributed by atoms with Crippen LogP contribution in [-0.2, 0) is 0 Å². The van der Waals surface area contributed by atoms with Crippen molar-refractivity contribution >= 4 is 0 Å². The molecule has 1 heterocycles. The van der Waals surface area contributed by atoms with Crippen molar-refractivity contribution in [3.63, 3.8) is 0 Å². The quantitative estimate of drug-likeness (QED) is 0.743. The maximum atomic E-state index is 5.42. The lowest BCUT2D eigenvalue weighted by molar-refractivity contribution is 0.174. The molecule has 1 aliphatic rings. The van der Waals surface area contributed by atoms with Crippen LogP contribution in [0.3, 0.4) is 0 Å². The highest BCUT2D eigenvalue weighted by Crippen LogP contribution is 2.36. The van der Waals surface area contributed by atoms with Crippen molar-refractivity contribution in [3.05, 3.63) is 23.8 Å². The lowest BCUT2D eigenvalue weighted by atomic mass is 9.91. The van der Waals surface area contributed by atoms with Gasteiger partial charge in [-0.2, -0.15) is 0 Å². The second-order valence-electron chi connectivity index (χ2n) is 4.36. The molecular weight excluding hydrogens is 200 g/mol. The molecule has 1 aliphatic heterocycles. The Hall–Kier alpha value is -1.18. The lowest BCUT2D eigenvalue weighted by Crippen LogP contribution is -1.97. The number of benzene rings is 1. The number of hydrogen-bond acceptors (Lipinski definition) is 2. The van der Waals surface area contributed by atoms with Gasteiger partial charge < -0.3 is 9.47 Å². The Morgan fingerprint density at radius 2 is 2.00 bits per heavy atom. The van der Waals surface area contributed by atoms with Crippen LogP contribution in [0.2, 0.25) is 0 Å². The molecule has 0 radical (unpaired) electrons. The van der Waals surface area contributed by atoms with Crippen molar-refractivity contribution < 1.29 is 9.47 Å². The highest BCUT2D eigenvalue weighted by molar-refractivity contribution is 5.45. The molecule has 1 atom stereocenters. The van der Waals surface area contributed by atoms with Crippen LogP contribution < -0.4 is 9.47 Å². The third-order valence-electron chi connectivity index (χ3n) is 3.27. The van der Waals surface area contributed by atoms with Crippen LogP contribution in [0.25, 0.3) is 0 Å². The molecule has 2 nitrogen and oxygen atoms in total. The largest absolute Gasteiger partial charge is 0.454 e. The second kappa shape index (κ2) is 5.24. The number of unbranched alkanes of at least 4 members (excludes halogenated alkanes) is 1. The minimum absolute atomic E-state index is 0.366. The topological polar surface area (TPSA) is 18.5 Å². The maximum absolute atomic E-state index is 5.42. The molecule has 2 heteroatoms. The molecule has 1 aromatic carbocycles. The van der Waals surface area contributed by atoms with E-state index in [0.717, 1.165) is 11.5 Å². The van der Waals surface area contributed by atoms with Crippen LogP contribution in [0.1, 0.15) is 51.0 Å². The van der Waals surface area contributed by atoms with Crippen LogP contribution in [-0.4, -0.2) is 6.79 Å². The van der Waals surface area contributed by atoms with Gasteiger partial charge in [0, 0.05) is 0 Å². The fourth-order valence-corrected chi connectivity index (χ4v) is 2.22. The molecule has 16 heavy (non-hydrogen) atoms. The first kappa shape index (κ1) is 11.3. The van der Waals surface area contributed by atoms with Gasteiger partial charge in [0.05, 0.1) is 0 Å². The van der Waals surface area contributed by atoms with E-state index in [1.54, 1.807) is 0 Å². The minimum Gasteiger partial charge on any atom is -0.454 e. The van der Waals surface area contributed by atoms with Gasteiger partial charge in [0.25, 0.3) is 0 Å². The van der Waals surface area contributed by atoms with E-state index in [1.165, 1.54) is 31.2 Å². The van der Waals surface area contributed by atoms with Gasteiger partial charge in [-0.1, -0.05) is 32.8 Å². The molecule has 0 bridgehead atoms. The molecular formula is C14H20O2. The van der Waals surface area contributed by atoms with Crippen LogP contribution >= 0.6 is 0 Å². The molecule has 1 aromatic rings. The zero-order chi connectivity index (χ0) is 11.4. The van der Waals surface area contributed by atoms with Crippen LogP contribution in [0.15, 0.2) is 18.2 Å². The molecule has 0 amide bonds. The summed E-state index contributed by atoms with van der Waals surface area (Å²) < 4.78 is 10.7. The molecule has 0 fully saturated rings. The molecule has 0 saturated heterocycles. The molecule has 0 saturated carbocycles. The van der Waals surface area contributed by atoms with Crippen molar-refractivity contribution in [2.45, 2.75) is 45.4 Å². The van der Waals surface area contributed by atoms with Crippen LogP contribution in [0.5, 0.6) is 11.5 Å². The van der Waals surface area contributed by atoms with E-state index < -0.39 is 0 Å². The molecule has 2 rings (SSSR count). The van der Waals surface area contributed by atoms with E-state index in [9.17, 15) is 0 Å². The average Bonchev–Trinajstić information content (AvgIpc) is 2.77. The van der Waals surface area contributed by atoms with Gasteiger partial charge in [0.1, 0.15) is 0 Å². The van der Waals surface area contributed by atoms with E-state index in [4.69, 9.17) is 9.47 Å². The Balaban J connectivity index is 2.12. The molecule has 88 valence electrons. The second-order valence-corrected chi connectivity index (χ2v) is 4.36. The van der Waals surface area contributed by atoms with E-state index in [2.05, 4.69) is 26.0 Å². The fourth-order valence-electron chi connectivity index (χ4n) is 2.22. The summed E-state index contributed by atoms with van der Waals surface area (Å²) in [6, 6.07) is 6.36. The van der Waals surface area contributed by atoms with Gasteiger partial charge in [-0.3, -0.25) is 0 Å². The number of fused-ring (bicyclic) bond motifs is 1. The van der Waals surface area contributed by atoms with Gasteiger partial charge in [-0.05, 0) is 36.5 Å². The summed E-state index contributed by atoms with van der Waals surface area (Å²) in [6.07, 6.45) is 5.03. The van der Waals surface area contributed by atoms with Crippen molar-refractivity contribution in [1.29, 1.82) is 0 Å². The number of ether oxygens (including phenoxy) is 2. The first-order valence-corrected chi connectivity index (χ1v) is 6.24. The Labute approximate surface area is 97.6 Å². The number of hydrogen-bond donors (Lipinski definition) is 0. The van der Waals surface area contributed by atoms with Crippen molar-refractivity contribution in [3.8, 4) is 11.5 Å². The van der Waals surface area contributed by atoms with Crippen LogP contribution in [0, 0.1) is 0 Å². The Morgan fingerprint density at radius 1 is 1.19 bits per heavy atom. The van der Waals surface area contributed by atoms with E-state index in [-0.39, 0.29) is 0 Å². The summed E-state index contributed by atoms with van der Waals surface area (Å²) in [5, 5.41) is 0. The summed E-state index contributed by atoms with van der Waals surface area (Å²) in [5.41, 5.74) is 1.39. The summed E-state index contributed by atoms with van der Waals surface area (Å²) in [6.45, 7) is 4.86. The normalized spacial score (nSPS) is 15.1. The fraction of sp³-hybridized carbons (Fsp3) is 0.571. The highest BCUT2D eigenvalue weighted by atomic mass is 16.7. The van der Waals surface area contributed by atoms with Gasteiger partial charge in [0.15, 0.2) is 11.5 Å². The lowest BCUT2D eigenvalue weighted by Gasteiger charge is -2.15. The van der Waals surface area contributed by atoms with Crippen molar-refractivity contribution in [2.24, 2.45) is 0 Å². The van der Waals surface area contributed by atoms with Gasteiger partial charge in [0.2, 0.25) is 6.79 Å². The average molecular weight is 220 g/mol. The third kappa shape index (κ3) is 2.31. The first-order valence-electron chi connectivity index (χ1n) is 6.24. The monoisotopic (exact) mass is 220 g/mol. The smallest absolute Gasteiger partial charge is 0.231 e. The summed E-state index contributed by atoms with van der Waals surface area (Å²) in [4.78, 5) is 0. The highest BCUT2D eigenvalue weighted by Gasteiger charge is 2.16. The Kier molecular flexibility index (Phi) is 3.70. The van der Waals surface area contributed by atoms with Gasteiger partial charge in [-0.15, -0.1) is 0 Å². The predicted molar refractivity (Wildman–Crippen MR) is 65.1 cm³/mol. The SMILES string of the molecule is CCCC[C@H](CC)c1ccc2c(c1)OCO2. The summed E-state index contributed by atoms with van der Waals surface area (Å²) >= 11 is 0. The summed E-state index contributed by atoms with van der Waals surface area (Å²) in [5.74, 6) is 2.45. The Morgan fingerprint density at radius 3 is 2.75 bits per heavy atom. The number of rotatable bonds is 5. The van der Waals surface area contributed by atoms with Crippen molar-refractivity contribution in [2.75, 3.05) is 6.79 Å². The van der Waals surface area contributed by atoms with E-state index in [0.29, 0.717) is 12.7 Å². The summed E-state index contributed by atoms with van der Waals surface area (Å²) in [7, 11) is 0. The Bertz CT molecular complexity index is 347. The predicted octanol–water partition coefficient (Wildman–Crippen LogP) is 4.10. The first-order chi connectivity index (χ1) is 7.85. The zero-order valence-electron chi connectivity index (χ0n) is 10.2. The molecule has 0 aliphatic carbocycles.